The van der Waals surface area contributed by atoms with Crippen LogP contribution < -0.4 is 10.1 Å². The van der Waals surface area contributed by atoms with Gasteiger partial charge in [-0.25, -0.2) is 4.39 Å². The normalized spacial score (nSPS) is 12.1. The molecule has 0 aliphatic rings. The van der Waals surface area contributed by atoms with Gasteiger partial charge >= 0.3 is 5.97 Å². The molecule has 6 nitrogen and oxygen atoms in total. The maximum absolute atomic E-state index is 14.0. The molecule has 0 fully saturated rings. The second kappa shape index (κ2) is 8.98. The van der Waals surface area contributed by atoms with Crippen LogP contribution in [0.2, 0.25) is 0 Å². The number of fused-ring (bicyclic) bond motifs is 1. The lowest BCUT2D eigenvalue weighted by atomic mass is 10.0. The van der Waals surface area contributed by atoms with E-state index < -0.39 is 23.7 Å². The highest BCUT2D eigenvalue weighted by molar-refractivity contribution is 5.99. The highest BCUT2D eigenvalue weighted by Crippen LogP contribution is 2.28. The highest BCUT2D eigenvalue weighted by Gasteiger charge is 2.25. The van der Waals surface area contributed by atoms with Crippen LogP contribution in [0.3, 0.4) is 0 Å². The average molecular weight is 413 g/mol. The second-order valence-electron chi connectivity index (χ2n) is 7.21. The number of para-hydroxylation sites is 1. The van der Waals surface area contributed by atoms with E-state index in [-0.39, 0.29) is 23.9 Å². The van der Waals surface area contributed by atoms with Crippen molar-refractivity contribution in [2.45, 2.75) is 39.3 Å². The number of rotatable bonds is 7. The van der Waals surface area contributed by atoms with E-state index in [0.29, 0.717) is 22.3 Å². The summed E-state index contributed by atoms with van der Waals surface area (Å²) in [5.41, 5.74) is 1.26. The largest absolute Gasteiger partial charge is 0.497 e. The van der Waals surface area contributed by atoms with Gasteiger partial charge in [-0.3, -0.25) is 9.59 Å². The van der Waals surface area contributed by atoms with Crippen LogP contribution in [-0.2, 0) is 9.53 Å². The second-order valence-corrected chi connectivity index (χ2v) is 7.21. The number of methoxy groups -OCH3 is 1. The van der Waals surface area contributed by atoms with Crippen molar-refractivity contribution < 1.29 is 27.9 Å². The maximum atomic E-state index is 14.0. The monoisotopic (exact) mass is 413 g/mol. The summed E-state index contributed by atoms with van der Waals surface area (Å²) in [7, 11) is 1.55. The van der Waals surface area contributed by atoms with Crippen molar-refractivity contribution in [3.8, 4) is 5.75 Å². The van der Waals surface area contributed by atoms with E-state index in [4.69, 9.17) is 13.9 Å². The van der Waals surface area contributed by atoms with E-state index in [1.165, 1.54) is 6.07 Å². The van der Waals surface area contributed by atoms with Gasteiger partial charge in [0, 0.05) is 10.9 Å². The van der Waals surface area contributed by atoms with Crippen molar-refractivity contribution in [1.82, 2.24) is 5.32 Å². The smallest absolute Gasteiger partial charge is 0.308 e. The third kappa shape index (κ3) is 4.62. The number of aryl methyl sites for hydroxylation is 1. The third-order valence-corrected chi connectivity index (χ3v) is 4.68. The van der Waals surface area contributed by atoms with Gasteiger partial charge < -0.3 is 19.2 Å². The first-order valence-corrected chi connectivity index (χ1v) is 9.62. The van der Waals surface area contributed by atoms with Gasteiger partial charge in [0.1, 0.15) is 5.75 Å². The van der Waals surface area contributed by atoms with Crippen LogP contribution in [0.15, 0.2) is 46.9 Å². The van der Waals surface area contributed by atoms with Crippen molar-refractivity contribution in [2.24, 2.45) is 0 Å². The fourth-order valence-electron chi connectivity index (χ4n) is 3.22. The molecule has 0 saturated heterocycles. The minimum absolute atomic E-state index is 0.00541. The standard InChI is InChI=1S/C23H24FNO5/c1-13(2)29-20(26)12-19(15-8-10-16(28-4)11-9-15)25-23(27)21-14(3)17-6-5-7-18(24)22(17)30-21/h5-11,13,19H,12H2,1-4H3,(H,25,27). The lowest BCUT2D eigenvalue weighted by molar-refractivity contribution is -0.147. The quantitative estimate of drug-likeness (QED) is 0.568. The van der Waals surface area contributed by atoms with Crippen LogP contribution in [0.4, 0.5) is 4.39 Å². The molecule has 7 heteroatoms. The summed E-state index contributed by atoms with van der Waals surface area (Å²) >= 11 is 0. The number of amides is 1. The molecular weight excluding hydrogens is 389 g/mol. The predicted molar refractivity (Wildman–Crippen MR) is 110 cm³/mol. The Labute approximate surface area is 174 Å². The first-order valence-electron chi connectivity index (χ1n) is 9.62. The zero-order valence-electron chi connectivity index (χ0n) is 17.3. The molecule has 3 aromatic rings. The summed E-state index contributed by atoms with van der Waals surface area (Å²) in [6, 6.07) is 10.9. The van der Waals surface area contributed by atoms with Crippen LogP contribution in [0.25, 0.3) is 11.0 Å². The molecule has 1 N–H and O–H groups in total. The Kier molecular flexibility index (Phi) is 6.40. The first-order chi connectivity index (χ1) is 14.3. The van der Waals surface area contributed by atoms with Crippen LogP contribution >= 0.6 is 0 Å². The van der Waals surface area contributed by atoms with Gasteiger partial charge in [0.2, 0.25) is 0 Å². The van der Waals surface area contributed by atoms with Crippen molar-refractivity contribution in [3.05, 3.63) is 65.2 Å². The molecule has 1 heterocycles. The molecule has 1 unspecified atom stereocenters. The van der Waals surface area contributed by atoms with Gasteiger partial charge in [0.05, 0.1) is 25.7 Å². The molecule has 30 heavy (non-hydrogen) atoms. The van der Waals surface area contributed by atoms with Crippen molar-refractivity contribution in [2.75, 3.05) is 7.11 Å². The van der Waals surface area contributed by atoms with E-state index in [1.807, 2.05) is 0 Å². The summed E-state index contributed by atoms with van der Waals surface area (Å²) in [5.74, 6) is -0.871. The number of hydrogen-bond donors (Lipinski definition) is 1. The summed E-state index contributed by atoms with van der Waals surface area (Å²) in [6.07, 6.45) is -0.338. The van der Waals surface area contributed by atoms with Crippen LogP contribution in [0, 0.1) is 12.7 Å². The Balaban J connectivity index is 1.89. The molecule has 158 valence electrons. The van der Waals surface area contributed by atoms with Gasteiger partial charge in [-0.2, -0.15) is 0 Å². The molecule has 3 rings (SSSR count). The van der Waals surface area contributed by atoms with Crippen LogP contribution in [0.5, 0.6) is 5.75 Å². The lowest BCUT2D eigenvalue weighted by Crippen LogP contribution is -2.31. The molecule has 0 spiro atoms. The molecule has 2 aromatic carbocycles. The number of carbonyl (C=O) groups excluding carboxylic acids is 2. The van der Waals surface area contributed by atoms with Gasteiger partial charge in [-0.15, -0.1) is 0 Å². The summed E-state index contributed by atoms with van der Waals surface area (Å²) in [6.45, 7) is 5.20. The number of furan rings is 1. The average Bonchev–Trinajstić information content (AvgIpc) is 3.05. The molecule has 0 aliphatic carbocycles. The minimum atomic E-state index is -0.660. The van der Waals surface area contributed by atoms with Crippen molar-refractivity contribution in [3.63, 3.8) is 0 Å². The Hall–Kier alpha value is -3.35. The number of hydrogen-bond acceptors (Lipinski definition) is 5. The van der Waals surface area contributed by atoms with Gasteiger partial charge in [-0.05, 0) is 44.5 Å². The van der Waals surface area contributed by atoms with Crippen molar-refractivity contribution >= 4 is 22.8 Å². The minimum Gasteiger partial charge on any atom is -0.497 e. The zero-order valence-corrected chi connectivity index (χ0v) is 17.3. The SMILES string of the molecule is COc1ccc(C(CC(=O)OC(C)C)NC(=O)c2oc3c(F)cccc3c2C)cc1. The van der Waals surface area contributed by atoms with Gasteiger partial charge in [0.25, 0.3) is 5.91 Å². The summed E-state index contributed by atoms with van der Waals surface area (Å²) in [5, 5.41) is 3.34. The van der Waals surface area contributed by atoms with E-state index >= 15 is 0 Å². The topological polar surface area (TPSA) is 77.8 Å². The van der Waals surface area contributed by atoms with Gasteiger partial charge in [0.15, 0.2) is 17.2 Å². The molecule has 0 radical (unpaired) electrons. The molecule has 0 bridgehead atoms. The molecule has 1 amide bonds. The third-order valence-electron chi connectivity index (χ3n) is 4.68. The van der Waals surface area contributed by atoms with E-state index in [2.05, 4.69) is 5.32 Å². The van der Waals surface area contributed by atoms with Crippen LogP contribution in [0.1, 0.15) is 48.0 Å². The molecule has 1 atom stereocenters. The molecule has 0 saturated carbocycles. The molecule has 0 aliphatic heterocycles. The van der Waals surface area contributed by atoms with E-state index in [0.717, 1.165) is 0 Å². The maximum Gasteiger partial charge on any atom is 0.308 e. The van der Waals surface area contributed by atoms with Crippen molar-refractivity contribution in [1.29, 1.82) is 0 Å². The number of carbonyl (C=O) groups is 2. The predicted octanol–water partition coefficient (Wildman–Crippen LogP) is 4.70. The van der Waals surface area contributed by atoms with E-state index in [9.17, 15) is 14.0 Å². The highest BCUT2D eigenvalue weighted by atomic mass is 19.1. The zero-order chi connectivity index (χ0) is 21.8. The Bertz CT molecular complexity index is 1060. The number of halogens is 1. The fourth-order valence-corrected chi connectivity index (χ4v) is 3.22. The first kappa shape index (κ1) is 21.4. The molecule has 1 aromatic heterocycles. The Morgan fingerprint density at radius 1 is 1.13 bits per heavy atom. The van der Waals surface area contributed by atoms with E-state index in [1.54, 1.807) is 64.3 Å². The van der Waals surface area contributed by atoms with Crippen LogP contribution in [-0.4, -0.2) is 25.1 Å². The fraction of sp³-hybridized carbons (Fsp3) is 0.304. The summed E-state index contributed by atoms with van der Waals surface area (Å²) < 4.78 is 29.9. The number of nitrogens with one attached hydrogen (secondary N) is 1. The Morgan fingerprint density at radius 2 is 1.83 bits per heavy atom. The lowest BCUT2D eigenvalue weighted by Gasteiger charge is -2.19. The Morgan fingerprint density at radius 3 is 2.43 bits per heavy atom. The number of esters is 1. The summed E-state index contributed by atoms with van der Waals surface area (Å²) in [4.78, 5) is 25.2. The number of ether oxygens (including phenoxy) is 2. The van der Waals surface area contributed by atoms with Gasteiger partial charge in [-0.1, -0.05) is 24.3 Å². The molecular formula is C23H24FNO5. The number of benzene rings is 2.